The predicted molar refractivity (Wildman–Crippen MR) is 102 cm³/mol. The van der Waals surface area contributed by atoms with Gasteiger partial charge < -0.3 is 14.8 Å². The summed E-state index contributed by atoms with van der Waals surface area (Å²) in [7, 11) is 0. The quantitative estimate of drug-likeness (QED) is 0.710. The third kappa shape index (κ3) is 4.11. The molecule has 0 bridgehead atoms. The van der Waals surface area contributed by atoms with Gasteiger partial charge in [-0.25, -0.2) is 4.39 Å². The lowest BCUT2D eigenvalue weighted by Crippen LogP contribution is -2.29. The number of halogens is 1. The molecule has 1 atom stereocenters. The van der Waals surface area contributed by atoms with E-state index in [9.17, 15) is 9.18 Å². The Kier molecular flexibility index (Phi) is 5.19. The number of pyridine rings is 1. The highest BCUT2D eigenvalue weighted by Gasteiger charge is 2.18. The van der Waals surface area contributed by atoms with E-state index in [2.05, 4.69) is 10.3 Å². The number of nitrogens with zero attached hydrogens (tertiary/aromatic N) is 1. The van der Waals surface area contributed by atoms with Crippen molar-refractivity contribution in [2.24, 2.45) is 0 Å². The molecule has 0 fully saturated rings. The molecular formula is C22H19FN2O3. The number of ether oxygens (including phenoxy) is 2. The Morgan fingerprint density at radius 3 is 2.71 bits per heavy atom. The van der Waals surface area contributed by atoms with Crippen molar-refractivity contribution in [1.29, 1.82) is 0 Å². The van der Waals surface area contributed by atoms with Gasteiger partial charge in [0.15, 0.2) is 11.5 Å². The van der Waals surface area contributed by atoms with E-state index in [1.165, 1.54) is 12.1 Å². The van der Waals surface area contributed by atoms with Crippen molar-refractivity contribution in [2.45, 2.75) is 12.3 Å². The number of fused-ring (bicyclic) bond motifs is 1. The standard InChI is InChI=1S/C22H19FN2O3/c23-19-6-3-16(4-7-19)18(10-15-2-1-9-24-12-15)13-25-22(26)17-5-8-20-21(11-17)28-14-27-20/h1-9,11-12,18H,10,13-14H2,(H,25,26). The minimum absolute atomic E-state index is 0.0113. The number of aromatic nitrogens is 1. The van der Waals surface area contributed by atoms with Gasteiger partial charge in [-0.1, -0.05) is 18.2 Å². The molecule has 1 aliphatic rings. The summed E-state index contributed by atoms with van der Waals surface area (Å²) >= 11 is 0. The van der Waals surface area contributed by atoms with Gasteiger partial charge in [-0.2, -0.15) is 0 Å². The topological polar surface area (TPSA) is 60.5 Å². The zero-order valence-electron chi connectivity index (χ0n) is 15.1. The van der Waals surface area contributed by atoms with Crippen LogP contribution in [0.15, 0.2) is 67.0 Å². The molecular weight excluding hydrogens is 359 g/mol. The van der Waals surface area contributed by atoms with Crippen LogP contribution in [0.3, 0.4) is 0 Å². The first-order valence-corrected chi connectivity index (χ1v) is 9.01. The minimum atomic E-state index is -0.284. The van der Waals surface area contributed by atoms with Crippen LogP contribution in [0.4, 0.5) is 4.39 Å². The van der Waals surface area contributed by atoms with Crippen LogP contribution in [0.2, 0.25) is 0 Å². The second kappa shape index (κ2) is 8.08. The summed E-state index contributed by atoms with van der Waals surface area (Å²) in [5, 5.41) is 2.97. The van der Waals surface area contributed by atoms with E-state index in [1.54, 1.807) is 42.7 Å². The van der Waals surface area contributed by atoms with Gasteiger partial charge in [0.25, 0.3) is 5.91 Å². The molecule has 1 aromatic heterocycles. The Bertz CT molecular complexity index is 961. The average molecular weight is 378 g/mol. The summed E-state index contributed by atoms with van der Waals surface area (Å²) in [5.41, 5.74) is 2.51. The lowest BCUT2D eigenvalue weighted by atomic mass is 9.92. The van der Waals surface area contributed by atoms with Gasteiger partial charge in [0, 0.05) is 30.4 Å². The van der Waals surface area contributed by atoms with E-state index in [0.717, 1.165) is 11.1 Å². The summed E-state index contributed by atoms with van der Waals surface area (Å²) in [4.78, 5) is 16.8. The summed E-state index contributed by atoms with van der Waals surface area (Å²) in [6, 6.07) is 15.3. The van der Waals surface area contributed by atoms with Gasteiger partial charge in [0.2, 0.25) is 6.79 Å². The number of benzene rings is 2. The Hall–Kier alpha value is -3.41. The Morgan fingerprint density at radius 1 is 1.11 bits per heavy atom. The number of hydrogen-bond donors (Lipinski definition) is 1. The number of rotatable bonds is 6. The van der Waals surface area contributed by atoms with Crippen LogP contribution >= 0.6 is 0 Å². The third-order valence-corrected chi connectivity index (χ3v) is 4.69. The molecule has 6 heteroatoms. The minimum Gasteiger partial charge on any atom is -0.454 e. The van der Waals surface area contributed by atoms with Crippen molar-refractivity contribution >= 4 is 5.91 Å². The second-order valence-corrected chi connectivity index (χ2v) is 6.59. The van der Waals surface area contributed by atoms with Crippen LogP contribution in [0.25, 0.3) is 0 Å². The number of carbonyl (C=O) groups is 1. The van der Waals surface area contributed by atoms with Crippen molar-refractivity contribution < 1.29 is 18.7 Å². The average Bonchev–Trinajstić information content (AvgIpc) is 3.20. The highest BCUT2D eigenvalue weighted by atomic mass is 19.1. The lowest BCUT2D eigenvalue weighted by molar-refractivity contribution is 0.0950. The highest BCUT2D eigenvalue weighted by Crippen LogP contribution is 2.32. The molecule has 1 N–H and O–H groups in total. The summed E-state index contributed by atoms with van der Waals surface area (Å²) in [6.45, 7) is 0.575. The lowest BCUT2D eigenvalue weighted by Gasteiger charge is -2.18. The predicted octanol–water partition coefficient (Wildman–Crippen LogP) is 3.71. The maximum absolute atomic E-state index is 13.3. The van der Waals surface area contributed by atoms with Crippen LogP contribution < -0.4 is 14.8 Å². The fourth-order valence-electron chi connectivity index (χ4n) is 3.20. The van der Waals surface area contributed by atoms with Gasteiger partial charge in [0.1, 0.15) is 5.82 Å². The first-order chi connectivity index (χ1) is 13.7. The molecule has 0 radical (unpaired) electrons. The molecule has 1 unspecified atom stereocenters. The van der Waals surface area contributed by atoms with Crippen LogP contribution in [-0.2, 0) is 6.42 Å². The van der Waals surface area contributed by atoms with Crippen molar-refractivity contribution in [2.75, 3.05) is 13.3 Å². The normalized spacial score (nSPS) is 13.2. The summed E-state index contributed by atoms with van der Waals surface area (Å²) in [6.07, 6.45) is 4.20. The smallest absolute Gasteiger partial charge is 0.251 e. The van der Waals surface area contributed by atoms with Gasteiger partial charge in [-0.3, -0.25) is 9.78 Å². The Balaban J connectivity index is 1.48. The molecule has 28 heavy (non-hydrogen) atoms. The van der Waals surface area contributed by atoms with Gasteiger partial charge in [-0.15, -0.1) is 0 Å². The van der Waals surface area contributed by atoms with Crippen LogP contribution in [-0.4, -0.2) is 24.2 Å². The van der Waals surface area contributed by atoms with E-state index < -0.39 is 0 Å². The molecule has 142 valence electrons. The van der Waals surface area contributed by atoms with Gasteiger partial charge >= 0.3 is 0 Å². The fraction of sp³-hybridized carbons (Fsp3) is 0.182. The van der Waals surface area contributed by atoms with E-state index in [4.69, 9.17) is 9.47 Å². The molecule has 2 aromatic carbocycles. The number of nitrogens with one attached hydrogen (secondary N) is 1. The van der Waals surface area contributed by atoms with E-state index in [-0.39, 0.29) is 24.4 Å². The monoisotopic (exact) mass is 378 g/mol. The summed E-state index contributed by atoms with van der Waals surface area (Å²) in [5.74, 6) is 0.711. The van der Waals surface area contributed by atoms with Crippen LogP contribution in [0.5, 0.6) is 11.5 Å². The summed E-state index contributed by atoms with van der Waals surface area (Å²) < 4.78 is 23.9. The zero-order chi connectivity index (χ0) is 19.3. The molecule has 1 aliphatic heterocycles. The Labute approximate surface area is 162 Å². The fourth-order valence-corrected chi connectivity index (χ4v) is 3.20. The van der Waals surface area contributed by atoms with Crippen LogP contribution in [0.1, 0.15) is 27.4 Å². The zero-order valence-corrected chi connectivity index (χ0v) is 15.1. The van der Waals surface area contributed by atoms with E-state index in [1.807, 2.05) is 12.1 Å². The van der Waals surface area contributed by atoms with Crippen LogP contribution in [0, 0.1) is 5.82 Å². The second-order valence-electron chi connectivity index (χ2n) is 6.59. The molecule has 3 aromatic rings. The van der Waals surface area contributed by atoms with Crippen molar-refractivity contribution in [1.82, 2.24) is 10.3 Å². The van der Waals surface area contributed by atoms with E-state index >= 15 is 0 Å². The van der Waals surface area contributed by atoms with Crippen molar-refractivity contribution in [3.05, 3.63) is 89.5 Å². The third-order valence-electron chi connectivity index (χ3n) is 4.69. The van der Waals surface area contributed by atoms with Crippen molar-refractivity contribution in [3.8, 4) is 11.5 Å². The number of carbonyl (C=O) groups excluding carboxylic acids is 1. The highest BCUT2D eigenvalue weighted by molar-refractivity contribution is 5.95. The molecule has 0 spiro atoms. The molecule has 5 nitrogen and oxygen atoms in total. The number of hydrogen-bond acceptors (Lipinski definition) is 4. The first-order valence-electron chi connectivity index (χ1n) is 9.01. The van der Waals surface area contributed by atoms with Gasteiger partial charge in [0.05, 0.1) is 0 Å². The van der Waals surface area contributed by atoms with E-state index in [0.29, 0.717) is 30.0 Å². The largest absolute Gasteiger partial charge is 0.454 e. The SMILES string of the molecule is O=C(NCC(Cc1cccnc1)c1ccc(F)cc1)c1ccc2c(c1)OCO2. The molecule has 1 amide bonds. The maximum Gasteiger partial charge on any atom is 0.251 e. The molecule has 0 aliphatic carbocycles. The Morgan fingerprint density at radius 2 is 1.93 bits per heavy atom. The molecule has 0 saturated carbocycles. The maximum atomic E-state index is 13.3. The molecule has 0 saturated heterocycles. The first kappa shape index (κ1) is 18.0. The molecule has 2 heterocycles. The van der Waals surface area contributed by atoms with Gasteiger partial charge in [-0.05, 0) is 53.9 Å². The number of amides is 1. The molecule has 4 rings (SSSR count). The van der Waals surface area contributed by atoms with Crippen molar-refractivity contribution in [3.63, 3.8) is 0 Å².